The van der Waals surface area contributed by atoms with E-state index in [0.29, 0.717) is 50.5 Å². The number of benzene rings is 1. The first kappa shape index (κ1) is 22.6. The molecular weight excluding hydrogens is 470 g/mol. The lowest BCUT2D eigenvalue weighted by Crippen LogP contribution is -2.51. The van der Waals surface area contributed by atoms with Crippen LogP contribution in [0.4, 0.5) is 4.79 Å². The number of ether oxygens (including phenoxy) is 1. The number of aromatic nitrogens is 2. The largest absolute Gasteiger partial charge is 0.496 e. The topological polar surface area (TPSA) is 90.6 Å². The maximum absolute atomic E-state index is 12.8. The highest BCUT2D eigenvalue weighted by Gasteiger charge is 2.22. The number of nitrogens with one attached hydrogen (secondary N) is 2. The van der Waals surface area contributed by atoms with E-state index >= 15 is 0 Å². The Kier molecular flexibility index (Phi) is 6.61. The first-order chi connectivity index (χ1) is 16.6. The Morgan fingerprint density at radius 3 is 2.74 bits per heavy atom. The van der Waals surface area contributed by atoms with Crippen LogP contribution in [0.25, 0.3) is 20.7 Å². The second-order valence-corrected chi connectivity index (χ2v) is 9.86. The fraction of sp³-hybridized carbons (Fsp3) is 0.292. The number of nitrogens with zero attached hydrogens (tertiary/aromatic N) is 3. The first-order valence-electron chi connectivity index (χ1n) is 11.0. The Morgan fingerprint density at radius 2 is 1.97 bits per heavy atom. The number of hydrogen-bond acceptors (Lipinski definition) is 7. The summed E-state index contributed by atoms with van der Waals surface area (Å²) in [6, 6.07) is 11.6. The van der Waals surface area contributed by atoms with Crippen LogP contribution in [-0.2, 0) is 13.1 Å². The smallest absolute Gasteiger partial charge is 0.317 e. The molecule has 0 atom stereocenters. The quantitative estimate of drug-likeness (QED) is 0.425. The van der Waals surface area contributed by atoms with E-state index in [0.717, 1.165) is 26.6 Å². The Bertz CT molecular complexity index is 1340. The van der Waals surface area contributed by atoms with E-state index in [4.69, 9.17) is 9.72 Å². The SMILES string of the molecule is COc1ccccc1CNC(=O)N1CCN(Cc2nc3scc(-c4cccs4)c3c(=O)[nH]2)CC1. The minimum atomic E-state index is -0.0981. The van der Waals surface area contributed by atoms with Crippen LogP contribution in [0.15, 0.2) is 52.0 Å². The molecule has 5 rings (SSSR count). The number of aromatic amines is 1. The van der Waals surface area contributed by atoms with Crippen molar-refractivity contribution < 1.29 is 9.53 Å². The van der Waals surface area contributed by atoms with Crippen molar-refractivity contribution in [2.75, 3.05) is 33.3 Å². The van der Waals surface area contributed by atoms with Crippen LogP contribution in [0.3, 0.4) is 0 Å². The highest BCUT2D eigenvalue weighted by molar-refractivity contribution is 7.18. The van der Waals surface area contributed by atoms with Crippen LogP contribution in [0, 0.1) is 0 Å². The summed E-state index contributed by atoms with van der Waals surface area (Å²) in [4.78, 5) is 39.0. The third-order valence-electron chi connectivity index (χ3n) is 5.94. The summed E-state index contributed by atoms with van der Waals surface area (Å²) in [7, 11) is 1.63. The van der Waals surface area contributed by atoms with Crippen LogP contribution >= 0.6 is 22.7 Å². The highest BCUT2D eigenvalue weighted by Crippen LogP contribution is 2.33. The third-order valence-corrected chi connectivity index (χ3v) is 7.71. The molecule has 1 aliphatic heterocycles. The van der Waals surface area contributed by atoms with E-state index in [1.807, 2.05) is 52.1 Å². The maximum Gasteiger partial charge on any atom is 0.317 e. The van der Waals surface area contributed by atoms with Gasteiger partial charge in [-0.25, -0.2) is 9.78 Å². The number of H-pyrrole nitrogens is 1. The second-order valence-electron chi connectivity index (χ2n) is 8.05. The number of urea groups is 1. The van der Waals surface area contributed by atoms with Crippen molar-refractivity contribution in [2.45, 2.75) is 13.1 Å². The molecule has 4 aromatic rings. The van der Waals surface area contributed by atoms with Crippen molar-refractivity contribution >= 4 is 38.9 Å². The van der Waals surface area contributed by atoms with Crippen molar-refractivity contribution in [1.29, 1.82) is 0 Å². The van der Waals surface area contributed by atoms with E-state index in [-0.39, 0.29) is 11.6 Å². The minimum Gasteiger partial charge on any atom is -0.496 e. The number of amides is 2. The summed E-state index contributed by atoms with van der Waals surface area (Å²) in [6.07, 6.45) is 0. The molecule has 1 aliphatic rings. The number of hydrogen-bond donors (Lipinski definition) is 2. The van der Waals surface area contributed by atoms with Crippen LogP contribution in [0.1, 0.15) is 11.4 Å². The Morgan fingerprint density at radius 1 is 1.15 bits per heavy atom. The fourth-order valence-corrected chi connectivity index (χ4v) is 5.92. The Labute approximate surface area is 204 Å². The predicted molar refractivity (Wildman–Crippen MR) is 136 cm³/mol. The zero-order chi connectivity index (χ0) is 23.5. The normalized spacial score (nSPS) is 14.4. The van der Waals surface area contributed by atoms with Crippen molar-refractivity contribution in [3.05, 3.63) is 68.9 Å². The molecule has 34 heavy (non-hydrogen) atoms. The third kappa shape index (κ3) is 4.70. The highest BCUT2D eigenvalue weighted by atomic mass is 32.1. The van der Waals surface area contributed by atoms with E-state index in [1.54, 1.807) is 18.4 Å². The molecule has 0 unspecified atom stereocenters. The van der Waals surface area contributed by atoms with Gasteiger partial charge in [0.25, 0.3) is 5.56 Å². The number of thiophene rings is 2. The first-order valence-corrected chi connectivity index (χ1v) is 12.8. The van der Waals surface area contributed by atoms with Gasteiger partial charge in [-0.1, -0.05) is 24.3 Å². The lowest BCUT2D eigenvalue weighted by Gasteiger charge is -2.34. The van der Waals surface area contributed by atoms with Gasteiger partial charge in [-0.05, 0) is 17.5 Å². The van der Waals surface area contributed by atoms with E-state index in [2.05, 4.69) is 15.2 Å². The lowest BCUT2D eigenvalue weighted by atomic mass is 10.2. The summed E-state index contributed by atoms with van der Waals surface area (Å²) in [5.41, 5.74) is 1.79. The molecule has 1 aromatic carbocycles. The van der Waals surface area contributed by atoms with Gasteiger partial charge in [0, 0.05) is 54.1 Å². The molecule has 2 N–H and O–H groups in total. The number of methoxy groups -OCH3 is 1. The standard InChI is InChI=1S/C24H25N5O3S2/c1-32-18-6-3-2-5-16(18)13-25-24(31)29-10-8-28(9-11-29)14-20-26-22(30)21-17(15-34-23(21)27-20)19-7-4-12-33-19/h2-7,12,15H,8-11,13-14H2,1H3,(H,25,31)(H,26,27,30). The van der Waals surface area contributed by atoms with Crippen molar-refractivity contribution in [3.8, 4) is 16.2 Å². The molecule has 1 saturated heterocycles. The molecule has 176 valence electrons. The van der Waals surface area contributed by atoms with Gasteiger partial charge in [0.05, 0.1) is 19.0 Å². The van der Waals surface area contributed by atoms with Crippen LogP contribution in [0.5, 0.6) is 5.75 Å². The molecule has 1 fully saturated rings. The molecule has 0 bridgehead atoms. The van der Waals surface area contributed by atoms with E-state index in [9.17, 15) is 9.59 Å². The van der Waals surface area contributed by atoms with Gasteiger partial charge in [-0.2, -0.15) is 0 Å². The molecule has 0 aliphatic carbocycles. The molecule has 2 amide bonds. The fourth-order valence-electron chi connectivity index (χ4n) is 4.13. The van der Waals surface area contributed by atoms with Gasteiger partial charge < -0.3 is 19.9 Å². The molecule has 0 spiro atoms. The summed E-state index contributed by atoms with van der Waals surface area (Å²) >= 11 is 3.12. The Balaban J connectivity index is 1.18. The molecule has 0 radical (unpaired) electrons. The van der Waals surface area contributed by atoms with Gasteiger partial charge in [0.1, 0.15) is 16.4 Å². The van der Waals surface area contributed by atoms with Gasteiger partial charge in [-0.3, -0.25) is 9.69 Å². The average Bonchev–Trinajstić information content (AvgIpc) is 3.53. The number of carbonyl (C=O) groups is 1. The van der Waals surface area contributed by atoms with E-state index in [1.165, 1.54) is 11.3 Å². The molecule has 8 nitrogen and oxygen atoms in total. The maximum atomic E-state index is 12.8. The number of fused-ring (bicyclic) bond motifs is 1. The number of piperazine rings is 1. The lowest BCUT2D eigenvalue weighted by molar-refractivity contribution is 0.133. The summed E-state index contributed by atoms with van der Waals surface area (Å²) < 4.78 is 5.35. The molecule has 3 aromatic heterocycles. The number of carbonyl (C=O) groups excluding carboxylic acids is 1. The molecule has 10 heteroatoms. The van der Waals surface area contributed by atoms with Crippen LogP contribution < -0.4 is 15.6 Å². The summed E-state index contributed by atoms with van der Waals surface area (Å²) in [6.45, 7) is 3.64. The van der Waals surface area contributed by atoms with Gasteiger partial charge in [0.15, 0.2) is 0 Å². The zero-order valence-electron chi connectivity index (χ0n) is 18.7. The van der Waals surface area contributed by atoms with Gasteiger partial charge in [0.2, 0.25) is 0 Å². The van der Waals surface area contributed by atoms with Crippen molar-refractivity contribution in [1.82, 2.24) is 25.1 Å². The van der Waals surface area contributed by atoms with Crippen molar-refractivity contribution in [2.24, 2.45) is 0 Å². The summed E-state index contributed by atoms with van der Waals surface area (Å²) in [5.74, 6) is 1.42. The van der Waals surface area contributed by atoms with Crippen LogP contribution in [-0.4, -0.2) is 59.1 Å². The molecule has 0 saturated carbocycles. The van der Waals surface area contributed by atoms with Gasteiger partial charge >= 0.3 is 6.03 Å². The number of rotatable bonds is 6. The minimum absolute atomic E-state index is 0.0850. The average molecular weight is 496 g/mol. The molecule has 4 heterocycles. The molecular formula is C24H25N5O3S2. The zero-order valence-corrected chi connectivity index (χ0v) is 20.4. The van der Waals surface area contributed by atoms with Crippen LogP contribution in [0.2, 0.25) is 0 Å². The van der Waals surface area contributed by atoms with E-state index < -0.39 is 0 Å². The number of para-hydroxylation sites is 1. The monoisotopic (exact) mass is 495 g/mol. The van der Waals surface area contributed by atoms with Crippen molar-refractivity contribution in [3.63, 3.8) is 0 Å². The van der Waals surface area contributed by atoms with Gasteiger partial charge in [-0.15, -0.1) is 22.7 Å². The predicted octanol–water partition coefficient (Wildman–Crippen LogP) is 3.75. The second kappa shape index (κ2) is 9.96. The summed E-state index contributed by atoms with van der Waals surface area (Å²) in [5, 5.41) is 7.65. The Hall–Kier alpha value is -3.21.